The predicted octanol–water partition coefficient (Wildman–Crippen LogP) is 1.89. The Balaban J connectivity index is 2.18. The van der Waals surface area contributed by atoms with Gasteiger partial charge in [-0.1, -0.05) is 32.4 Å². The van der Waals surface area contributed by atoms with Crippen LogP contribution < -0.4 is 20.9 Å². The van der Waals surface area contributed by atoms with Crippen LogP contribution in [0.3, 0.4) is 0 Å². The normalized spacial score (nSPS) is 16.0. The SMILES string of the molecule is CC[C@@H](C)[C@H](NC(=O)N1CC(=O)Nc2ccccc21)C(=O)N[C@@H](CCSC)C(=O)O. The molecule has 0 bridgehead atoms. The highest BCUT2D eigenvalue weighted by Gasteiger charge is 2.33. The summed E-state index contributed by atoms with van der Waals surface area (Å²) in [7, 11) is 0. The maximum atomic E-state index is 13.0. The Kier molecular flexibility index (Phi) is 8.52. The Morgan fingerprint density at radius 1 is 1.27 bits per heavy atom. The topological polar surface area (TPSA) is 128 Å². The number of nitrogens with zero attached hydrogens (tertiary/aromatic N) is 1. The van der Waals surface area contributed by atoms with E-state index in [-0.39, 0.29) is 24.8 Å². The van der Waals surface area contributed by atoms with Crippen molar-refractivity contribution in [2.24, 2.45) is 5.92 Å². The molecule has 30 heavy (non-hydrogen) atoms. The average molecular weight is 437 g/mol. The van der Waals surface area contributed by atoms with E-state index in [2.05, 4.69) is 16.0 Å². The van der Waals surface area contributed by atoms with E-state index in [4.69, 9.17) is 0 Å². The zero-order valence-electron chi connectivity index (χ0n) is 17.3. The van der Waals surface area contributed by atoms with Gasteiger partial charge >= 0.3 is 12.0 Å². The molecule has 0 radical (unpaired) electrons. The molecule has 3 atom stereocenters. The molecule has 1 aromatic carbocycles. The van der Waals surface area contributed by atoms with Crippen molar-refractivity contribution in [3.63, 3.8) is 0 Å². The van der Waals surface area contributed by atoms with Crippen molar-refractivity contribution in [3.05, 3.63) is 24.3 Å². The van der Waals surface area contributed by atoms with Crippen LogP contribution in [-0.2, 0) is 14.4 Å². The van der Waals surface area contributed by atoms with Gasteiger partial charge in [-0.2, -0.15) is 11.8 Å². The first-order valence-corrected chi connectivity index (χ1v) is 11.2. The molecule has 4 amide bonds. The monoisotopic (exact) mass is 436 g/mol. The summed E-state index contributed by atoms with van der Waals surface area (Å²) >= 11 is 1.49. The van der Waals surface area contributed by atoms with Gasteiger partial charge in [0.25, 0.3) is 0 Å². The lowest BCUT2D eigenvalue weighted by Crippen LogP contribution is -2.57. The number of rotatable bonds is 9. The van der Waals surface area contributed by atoms with Crippen molar-refractivity contribution in [2.45, 2.75) is 38.8 Å². The van der Waals surface area contributed by atoms with Gasteiger partial charge in [0.05, 0.1) is 11.4 Å². The third-order valence-corrected chi connectivity index (χ3v) is 5.66. The Morgan fingerprint density at radius 3 is 2.60 bits per heavy atom. The lowest BCUT2D eigenvalue weighted by molar-refractivity contribution is -0.142. The lowest BCUT2D eigenvalue weighted by atomic mass is 9.98. The molecule has 9 nitrogen and oxygen atoms in total. The highest BCUT2D eigenvalue weighted by atomic mass is 32.2. The second-order valence-electron chi connectivity index (χ2n) is 7.15. The molecule has 1 aliphatic heterocycles. The van der Waals surface area contributed by atoms with Crippen molar-refractivity contribution in [1.82, 2.24) is 10.6 Å². The number of carboxylic acids is 1. The molecule has 0 saturated carbocycles. The van der Waals surface area contributed by atoms with Gasteiger partial charge in [0.15, 0.2) is 0 Å². The number of carbonyl (C=O) groups excluding carboxylic acids is 3. The molecule has 164 valence electrons. The number of amides is 4. The largest absolute Gasteiger partial charge is 0.480 e. The van der Waals surface area contributed by atoms with Gasteiger partial charge in [0.2, 0.25) is 11.8 Å². The van der Waals surface area contributed by atoms with Gasteiger partial charge in [-0.15, -0.1) is 0 Å². The maximum Gasteiger partial charge on any atom is 0.326 e. The maximum absolute atomic E-state index is 13.0. The number of carbonyl (C=O) groups is 4. The zero-order chi connectivity index (χ0) is 22.3. The molecule has 0 spiro atoms. The standard InChI is InChI=1S/C20H28N4O5S/c1-4-12(2)17(18(26)22-14(19(27)28)9-10-30-3)23-20(29)24-11-16(25)21-13-7-5-6-8-15(13)24/h5-8,12,14,17H,4,9-11H2,1-3H3,(H,21,25)(H,22,26)(H,23,29)(H,27,28)/t12-,14+,17+/m1/s1. The summed E-state index contributed by atoms with van der Waals surface area (Å²) in [6.45, 7) is 3.51. The van der Waals surface area contributed by atoms with Crippen molar-refractivity contribution in [1.29, 1.82) is 0 Å². The summed E-state index contributed by atoms with van der Waals surface area (Å²) in [5.41, 5.74) is 1.04. The lowest BCUT2D eigenvalue weighted by Gasteiger charge is -2.32. The number of urea groups is 1. The molecule has 0 fully saturated rings. The number of hydrogen-bond acceptors (Lipinski definition) is 5. The minimum atomic E-state index is -1.12. The van der Waals surface area contributed by atoms with Gasteiger partial charge in [-0.05, 0) is 36.5 Å². The number of hydrogen-bond donors (Lipinski definition) is 4. The molecule has 1 heterocycles. The minimum Gasteiger partial charge on any atom is -0.480 e. The number of carboxylic acid groups (broad SMARTS) is 1. The minimum absolute atomic E-state index is 0.177. The van der Waals surface area contributed by atoms with Gasteiger partial charge in [-0.25, -0.2) is 9.59 Å². The van der Waals surface area contributed by atoms with Crippen LogP contribution in [0.2, 0.25) is 0 Å². The fourth-order valence-electron chi connectivity index (χ4n) is 3.08. The van der Waals surface area contributed by atoms with Crippen molar-refractivity contribution in [3.8, 4) is 0 Å². The molecular weight excluding hydrogens is 408 g/mol. The molecular formula is C20H28N4O5S. The second kappa shape index (κ2) is 10.9. The summed E-state index contributed by atoms with van der Waals surface area (Å²) in [5, 5.41) is 17.3. The van der Waals surface area contributed by atoms with Crippen molar-refractivity contribution in [2.75, 3.05) is 28.8 Å². The van der Waals surface area contributed by atoms with Crippen LogP contribution in [0.25, 0.3) is 0 Å². The second-order valence-corrected chi connectivity index (χ2v) is 8.13. The Labute approximate surface area is 180 Å². The Hall–Kier alpha value is -2.75. The molecule has 0 aromatic heterocycles. The third kappa shape index (κ3) is 5.88. The van der Waals surface area contributed by atoms with Crippen molar-refractivity contribution >= 4 is 47.0 Å². The number of nitrogens with one attached hydrogen (secondary N) is 3. The van der Waals surface area contributed by atoms with Gasteiger partial charge in [0, 0.05) is 0 Å². The number of fused-ring (bicyclic) bond motifs is 1. The first kappa shape index (κ1) is 23.5. The summed E-state index contributed by atoms with van der Waals surface area (Å²) in [4.78, 5) is 50.6. The van der Waals surface area contributed by atoms with E-state index in [9.17, 15) is 24.3 Å². The first-order valence-electron chi connectivity index (χ1n) is 9.77. The van der Waals surface area contributed by atoms with Crippen molar-refractivity contribution < 1.29 is 24.3 Å². The van der Waals surface area contributed by atoms with E-state index in [1.54, 1.807) is 31.2 Å². The molecule has 2 rings (SSSR count). The summed E-state index contributed by atoms with van der Waals surface area (Å²) in [6, 6.07) is 4.33. The highest BCUT2D eigenvalue weighted by Crippen LogP contribution is 2.29. The van der Waals surface area contributed by atoms with Crippen LogP contribution in [-0.4, -0.2) is 59.6 Å². The van der Waals surface area contributed by atoms with E-state index >= 15 is 0 Å². The Morgan fingerprint density at radius 2 is 1.97 bits per heavy atom. The quantitative estimate of drug-likeness (QED) is 0.468. The molecule has 1 aliphatic rings. The smallest absolute Gasteiger partial charge is 0.326 e. The van der Waals surface area contributed by atoms with Crippen LogP contribution >= 0.6 is 11.8 Å². The van der Waals surface area contributed by atoms with Crippen LogP contribution in [0.5, 0.6) is 0 Å². The predicted molar refractivity (Wildman–Crippen MR) is 117 cm³/mol. The molecule has 10 heteroatoms. The molecule has 0 unspecified atom stereocenters. The van der Waals surface area contributed by atoms with Crippen LogP contribution in [0, 0.1) is 5.92 Å². The van der Waals surface area contributed by atoms with Crippen LogP contribution in [0.1, 0.15) is 26.7 Å². The van der Waals surface area contributed by atoms with Gasteiger partial charge in [-0.3, -0.25) is 14.5 Å². The van der Waals surface area contributed by atoms with E-state index in [0.717, 1.165) is 0 Å². The molecule has 1 aromatic rings. The van der Waals surface area contributed by atoms with Gasteiger partial charge < -0.3 is 21.1 Å². The number of thioether (sulfide) groups is 1. The third-order valence-electron chi connectivity index (χ3n) is 5.02. The fourth-order valence-corrected chi connectivity index (χ4v) is 3.55. The Bertz CT molecular complexity index is 803. The zero-order valence-corrected chi connectivity index (χ0v) is 18.1. The van der Waals surface area contributed by atoms with Crippen LogP contribution in [0.15, 0.2) is 24.3 Å². The number of benzene rings is 1. The van der Waals surface area contributed by atoms with E-state index in [1.165, 1.54) is 16.7 Å². The molecule has 0 saturated heterocycles. The molecule has 0 aliphatic carbocycles. The number of anilines is 2. The highest BCUT2D eigenvalue weighted by molar-refractivity contribution is 7.98. The van der Waals surface area contributed by atoms with Crippen LogP contribution in [0.4, 0.5) is 16.2 Å². The summed E-state index contributed by atoms with van der Waals surface area (Å²) in [5.74, 6) is -1.67. The summed E-state index contributed by atoms with van der Waals surface area (Å²) < 4.78 is 0. The summed E-state index contributed by atoms with van der Waals surface area (Å²) in [6.07, 6.45) is 2.73. The van der Waals surface area contributed by atoms with E-state index in [1.807, 2.05) is 13.2 Å². The molecule has 4 N–H and O–H groups in total. The first-order chi connectivity index (χ1) is 14.3. The number of aliphatic carboxylic acids is 1. The fraction of sp³-hybridized carbons (Fsp3) is 0.500. The van der Waals surface area contributed by atoms with E-state index < -0.39 is 30.0 Å². The van der Waals surface area contributed by atoms with E-state index in [0.29, 0.717) is 23.5 Å². The number of para-hydroxylation sites is 2. The van der Waals surface area contributed by atoms with Gasteiger partial charge in [0.1, 0.15) is 18.6 Å². The average Bonchev–Trinajstić information content (AvgIpc) is 2.73.